The van der Waals surface area contributed by atoms with E-state index in [2.05, 4.69) is 10.6 Å². The van der Waals surface area contributed by atoms with Gasteiger partial charge in [-0.1, -0.05) is 25.1 Å². The molecule has 1 atom stereocenters. The molecule has 3 heterocycles. The topological polar surface area (TPSA) is 126 Å². The van der Waals surface area contributed by atoms with Gasteiger partial charge in [0.2, 0.25) is 17.5 Å². The molecule has 2 amide bonds. The van der Waals surface area contributed by atoms with E-state index in [9.17, 15) is 19.2 Å². The number of para-hydroxylation sites is 1. The Morgan fingerprint density at radius 2 is 2.06 bits per heavy atom. The maximum absolute atomic E-state index is 13.3. The van der Waals surface area contributed by atoms with Crippen molar-refractivity contribution in [1.29, 1.82) is 0 Å². The summed E-state index contributed by atoms with van der Waals surface area (Å²) in [6.45, 7) is 4.21. The number of nitrogens with one attached hydrogen (secondary N) is 2. The van der Waals surface area contributed by atoms with Crippen LogP contribution in [0.1, 0.15) is 41.1 Å². The predicted molar refractivity (Wildman–Crippen MR) is 130 cm³/mol. The quantitative estimate of drug-likeness (QED) is 0.280. The summed E-state index contributed by atoms with van der Waals surface area (Å²) < 4.78 is 11.4. The first kappa shape index (κ1) is 24.7. The Labute approximate surface area is 209 Å². The minimum atomic E-state index is -0.637. The number of ether oxygens (including phenoxy) is 1. The summed E-state index contributed by atoms with van der Waals surface area (Å²) >= 11 is 2.35. The van der Waals surface area contributed by atoms with Crippen molar-refractivity contribution in [2.75, 3.05) is 19.0 Å². The van der Waals surface area contributed by atoms with E-state index in [1.807, 2.05) is 25.1 Å². The van der Waals surface area contributed by atoms with Gasteiger partial charge in [-0.25, -0.2) is 9.59 Å². The average molecular weight is 518 g/mol. The number of methoxy groups -OCH3 is 1. The zero-order chi connectivity index (χ0) is 25.1. The summed E-state index contributed by atoms with van der Waals surface area (Å²) in [5.41, 5.74) is 1.22. The summed E-state index contributed by atoms with van der Waals surface area (Å²) in [4.78, 5) is 52.6. The lowest BCUT2D eigenvalue weighted by molar-refractivity contribution is -0.704. The van der Waals surface area contributed by atoms with Crippen molar-refractivity contribution in [3.8, 4) is 5.69 Å². The molecule has 1 aliphatic rings. The number of benzene rings is 1. The zero-order valence-corrected chi connectivity index (χ0v) is 21.1. The van der Waals surface area contributed by atoms with E-state index in [1.54, 1.807) is 17.0 Å². The normalized spacial score (nSPS) is 13.7. The highest BCUT2D eigenvalue weighted by molar-refractivity contribution is 8.00. The second kappa shape index (κ2) is 10.5. The molecule has 0 aliphatic carbocycles. The molecule has 35 heavy (non-hydrogen) atoms. The van der Waals surface area contributed by atoms with Crippen LogP contribution in [0.15, 0.2) is 44.7 Å². The molecule has 2 N–H and O–H groups in total. The number of thioether (sulfide) groups is 1. The van der Waals surface area contributed by atoms with Gasteiger partial charge < -0.3 is 15.0 Å². The highest BCUT2D eigenvalue weighted by atomic mass is 32.2. The van der Waals surface area contributed by atoms with Crippen molar-refractivity contribution in [3.63, 3.8) is 0 Å². The van der Waals surface area contributed by atoms with Gasteiger partial charge in [0.15, 0.2) is 0 Å². The summed E-state index contributed by atoms with van der Waals surface area (Å²) in [6, 6.07) is 9.12. The maximum Gasteiger partial charge on any atom is 0.442 e. The molecule has 0 saturated carbocycles. The van der Waals surface area contributed by atoms with Crippen LogP contribution in [-0.2, 0) is 27.3 Å². The fourth-order valence-electron chi connectivity index (χ4n) is 3.84. The maximum atomic E-state index is 13.3. The van der Waals surface area contributed by atoms with Crippen molar-refractivity contribution in [1.82, 2.24) is 10.2 Å². The van der Waals surface area contributed by atoms with Gasteiger partial charge in [-0.2, -0.15) is 0 Å². The van der Waals surface area contributed by atoms with Crippen LogP contribution >= 0.6 is 23.1 Å². The summed E-state index contributed by atoms with van der Waals surface area (Å²) in [5.74, 6) is -0.943. The van der Waals surface area contributed by atoms with Crippen LogP contribution in [0, 0.1) is 0 Å². The summed E-state index contributed by atoms with van der Waals surface area (Å²) in [5, 5.41) is 5.42. The standard InChI is InChI=1S/C23H24N4O6S2/c1-4-16(35-21-23(31)33-25-27(21)14-8-6-5-7-9-14)19(29)24-20-18(22(30)32-3)15-10-11-26(13(2)28)12-17(15)34-20/h5-9,16H,4,10-12H2,1-3H3,(H-,24,25,29,30,31)/p+1. The first-order chi connectivity index (χ1) is 16.8. The van der Waals surface area contributed by atoms with Gasteiger partial charge in [-0.3, -0.25) is 14.1 Å². The molecule has 10 nitrogen and oxygen atoms in total. The number of amides is 2. The Kier molecular flexibility index (Phi) is 7.41. The summed E-state index contributed by atoms with van der Waals surface area (Å²) in [6.07, 6.45) is 0.922. The Bertz CT molecular complexity index is 1310. The van der Waals surface area contributed by atoms with E-state index >= 15 is 0 Å². The molecule has 1 aromatic carbocycles. The lowest BCUT2D eigenvalue weighted by Crippen LogP contribution is -2.37. The number of thiophene rings is 1. The molecule has 0 radical (unpaired) electrons. The largest absolute Gasteiger partial charge is 0.465 e. The fraction of sp³-hybridized carbons (Fsp3) is 0.348. The number of rotatable bonds is 7. The zero-order valence-electron chi connectivity index (χ0n) is 19.5. The van der Waals surface area contributed by atoms with Gasteiger partial charge in [0.25, 0.3) is 0 Å². The fourth-order valence-corrected chi connectivity index (χ4v) is 6.08. The third-order valence-corrected chi connectivity index (χ3v) is 8.20. The molecule has 1 unspecified atom stereocenters. The first-order valence-electron chi connectivity index (χ1n) is 11.0. The van der Waals surface area contributed by atoms with Gasteiger partial charge in [0, 0.05) is 30.5 Å². The summed E-state index contributed by atoms with van der Waals surface area (Å²) in [7, 11) is 1.29. The molecular weight excluding hydrogens is 492 g/mol. The van der Waals surface area contributed by atoms with Crippen molar-refractivity contribution < 1.29 is 28.3 Å². The Morgan fingerprint density at radius 3 is 2.71 bits per heavy atom. The molecule has 0 bridgehead atoms. The number of H-pyrrole nitrogens is 1. The number of hydrogen-bond donors (Lipinski definition) is 2. The molecule has 1 aliphatic heterocycles. The Morgan fingerprint density at radius 1 is 1.31 bits per heavy atom. The molecule has 184 valence electrons. The average Bonchev–Trinajstić information content (AvgIpc) is 3.41. The lowest BCUT2D eigenvalue weighted by atomic mass is 10.0. The number of anilines is 1. The molecule has 0 spiro atoms. The second-order valence-corrected chi connectivity index (χ2v) is 10.1. The number of hydrogen-bond acceptors (Lipinski definition) is 8. The first-order valence-corrected chi connectivity index (χ1v) is 12.7. The van der Waals surface area contributed by atoms with E-state index in [4.69, 9.17) is 9.26 Å². The van der Waals surface area contributed by atoms with Crippen LogP contribution in [0.25, 0.3) is 5.69 Å². The molecule has 4 rings (SSSR count). The van der Waals surface area contributed by atoms with Crippen molar-refractivity contribution in [2.45, 2.75) is 43.5 Å². The highest BCUT2D eigenvalue weighted by Crippen LogP contribution is 2.38. The van der Waals surface area contributed by atoms with E-state index in [1.165, 1.54) is 30.1 Å². The molecular formula is C23H25N4O6S2+. The number of carbonyl (C=O) groups is 3. The third kappa shape index (κ3) is 5.03. The lowest BCUT2D eigenvalue weighted by Gasteiger charge is -2.25. The van der Waals surface area contributed by atoms with Crippen LogP contribution in [-0.4, -0.2) is 46.9 Å². The van der Waals surface area contributed by atoms with Crippen LogP contribution in [0.5, 0.6) is 0 Å². The predicted octanol–water partition coefficient (Wildman–Crippen LogP) is 2.51. The minimum Gasteiger partial charge on any atom is -0.465 e. The smallest absolute Gasteiger partial charge is 0.442 e. The van der Waals surface area contributed by atoms with Crippen molar-refractivity contribution >= 4 is 45.9 Å². The molecule has 12 heteroatoms. The van der Waals surface area contributed by atoms with Crippen LogP contribution < -0.4 is 15.6 Å². The van der Waals surface area contributed by atoms with Gasteiger partial charge in [-0.05, 0) is 40.1 Å². The van der Waals surface area contributed by atoms with E-state index in [0.29, 0.717) is 42.2 Å². The van der Waals surface area contributed by atoms with Crippen molar-refractivity contribution in [3.05, 3.63) is 56.8 Å². The Hall–Kier alpha value is -3.38. The number of aromatic nitrogens is 2. The third-order valence-electron chi connectivity index (χ3n) is 5.67. The van der Waals surface area contributed by atoms with Crippen LogP contribution in [0.2, 0.25) is 0 Å². The number of aromatic amines is 1. The van der Waals surface area contributed by atoms with Gasteiger partial charge in [-0.15, -0.1) is 11.3 Å². The van der Waals surface area contributed by atoms with Crippen LogP contribution in [0.4, 0.5) is 5.00 Å². The molecule has 0 fully saturated rings. The second-order valence-electron chi connectivity index (χ2n) is 7.85. The monoisotopic (exact) mass is 517 g/mol. The number of esters is 1. The SMILES string of the molecule is CCC(Sc1c(=O)o[nH][n+]1-c1ccccc1)C(=O)Nc1sc2c(c1C(=O)OC)CCN(C(C)=O)C2. The minimum absolute atomic E-state index is 0.0474. The van der Waals surface area contributed by atoms with E-state index in [-0.39, 0.29) is 16.8 Å². The molecule has 0 saturated heterocycles. The number of carbonyl (C=O) groups excluding carboxylic acids is 3. The number of nitrogens with zero attached hydrogens (tertiary/aromatic N) is 2. The van der Waals surface area contributed by atoms with Gasteiger partial charge >= 0.3 is 16.6 Å². The highest BCUT2D eigenvalue weighted by Gasteiger charge is 2.33. The van der Waals surface area contributed by atoms with E-state index in [0.717, 1.165) is 22.2 Å². The van der Waals surface area contributed by atoms with Crippen molar-refractivity contribution in [2.24, 2.45) is 0 Å². The van der Waals surface area contributed by atoms with Gasteiger partial charge in [0.1, 0.15) is 5.00 Å². The molecule has 2 aromatic heterocycles. The number of fused-ring (bicyclic) bond motifs is 1. The Balaban J connectivity index is 1.60. The van der Waals surface area contributed by atoms with E-state index < -0.39 is 16.8 Å². The van der Waals surface area contributed by atoms with Gasteiger partial charge in [0.05, 0.1) is 24.5 Å². The van der Waals surface area contributed by atoms with Crippen LogP contribution in [0.3, 0.4) is 0 Å². The molecule has 3 aromatic rings.